The zero-order chi connectivity index (χ0) is 11.2. The number of hydrogen-bond acceptors (Lipinski definition) is 3. The number of thioether (sulfide) groups is 1. The summed E-state index contributed by atoms with van der Waals surface area (Å²) in [5.74, 6) is 0. The van der Waals surface area contributed by atoms with Crippen LogP contribution < -0.4 is 5.32 Å². The van der Waals surface area contributed by atoms with Crippen molar-refractivity contribution in [2.45, 2.75) is 57.1 Å². The van der Waals surface area contributed by atoms with Crippen molar-refractivity contribution in [1.82, 2.24) is 5.32 Å². The zero-order valence-corrected chi connectivity index (χ0v) is 10.9. The van der Waals surface area contributed by atoms with Crippen molar-refractivity contribution in [1.29, 1.82) is 0 Å². The minimum Gasteiger partial charge on any atom is -0.394 e. The van der Waals surface area contributed by atoms with Crippen molar-refractivity contribution < 1.29 is 5.11 Å². The van der Waals surface area contributed by atoms with Gasteiger partial charge in [0, 0.05) is 10.8 Å². The van der Waals surface area contributed by atoms with Crippen LogP contribution in [0.3, 0.4) is 0 Å². The van der Waals surface area contributed by atoms with E-state index >= 15 is 0 Å². The van der Waals surface area contributed by atoms with E-state index in [2.05, 4.69) is 39.9 Å². The van der Waals surface area contributed by atoms with Crippen LogP contribution in [0.25, 0.3) is 0 Å². The van der Waals surface area contributed by atoms with Crippen LogP contribution in [0, 0.1) is 0 Å². The van der Waals surface area contributed by atoms with Gasteiger partial charge in [0.05, 0.1) is 6.61 Å². The molecule has 2 nitrogen and oxygen atoms in total. The number of nitrogens with one attached hydrogen (secondary N) is 1. The predicted molar refractivity (Wildman–Crippen MR) is 66.0 cm³/mol. The summed E-state index contributed by atoms with van der Waals surface area (Å²) in [6.45, 7) is 12.0. The second kappa shape index (κ2) is 6.70. The summed E-state index contributed by atoms with van der Waals surface area (Å²) < 4.78 is 0. The van der Waals surface area contributed by atoms with E-state index in [1.165, 1.54) is 0 Å². The SMILES string of the molecule is CCNC(C)(CO)CC(C)SC(C)C. The third kappa shape index (κ3) is 5.89. The van der Waals surface area contributed by atoms with E-state index in [0.29, 0.717) is 10.5 Å². The molecule has 0 aliphatic carbocycles. The van der Waals surface area contributed by atoms with Crippen molar-refractivity contribution in [2.75, 3.05) is 13.2 Å². The van der Waals surface area contributed by atoms with Crippen molar-refractivity contribution in [3.05, 3.63) is 0 Å². The van der Waals surface area contributed by atoms with Crippen LogP contribution in [0.1, 0.15) is 41.0 Å². The lowest BCUT2D eigenvalue weighted by atomic mass is 9.97. The molecule has 2 N–H and O–H groups in total. The largest absolute Gasteiger partial charge is 0.394 e. The highest BCUT2D eigenvalue weighted by molar-refractivity contribution is 8.00. The van der Waals surface area contributed by atoms with E-state index in [1.807, 2.05) is 11.8 Å². The molecule has 0 heterocycles. The summed E-state index contributed by atoms with van der Waals surface area (Å²) in [7, 11) is 0. The molecule has 0 spiro atoms. The molecule has 2 unspecified atom stereocenters. The first-order valence-corrected chi connectivity index (χ1v) is 6.39. The molecule has 0 bridgehead atoms. The molecule has 0 saturated heterocycles. The van der Waals surface area contributed by atoms with E-state index < -0.39 is 0 Å². The quantitative estimate of drug-likeness (QED) is 0.689. The van der Waals surface area contributed by atoms with Crippen LogP contribution in [0.5, 0.6) is 0 Å². The molecule has 0 aromatic rings. The van der Waals surface area contributed by atoms with Crippen LogP contribution in [0.4, 0.5) is 0 Å². The summed E-state index contributed by atoms with van der Waals surface area (Å²) >= 11 is 1.97. The van der Waals surface area contributed by atoms with Gasteiger partial charge in [-0.3, -0.25) is 0 Å². The Morgan fingerprint density at radius 1 is 1.36 bits per heavy atom. The molecule has 3 heteroatoms. The number of rotatable bonds is 7. The zero-order valence-electron chi connectivity index (χ0n) is 10.1. The topological polar surface area (TPSA) is 32.3 Å². The molecule has 0 aliphatic heterocycles. The van der Waals surface area contributed by atoms with Gasteiger partial charge in [0.2, 0.25) is 0 Å². The predicted octanol–water partition coefficient (Wildman–Crippen LogP) is 2.27. The van der Waals surface area contributed by atoms with Gasteiger partial charge >= 0.3 is 0 Å². The van der Waals surface area contributed by atoms with Gasteiger partial charge < -0.3 is 10.4 Å². The van der Waals surface area contributed by atoms with Gasteiger partial charge in [0.15, 0.2) is 0 Å². The van der Waals surface area contributed by atoms with Gasteiger partial charge in [-0.25, -0.2) is 0 Å². The summed E-state index contributed by atoms with van der Waals surface area (Å²) in [4.78, 5) is 0. The van der Waals surface area contributed by atoms with Crippen molar-refractivity contribution in [3.63, 3.8) is 0 Å². The maximum absolute atomic E-state index is 9.33. The first-order chi connectivity index (χ1) is 6.43. The summed E-state index contributed by atoms with van der Waals surface area (Å²) in [6.07, 6.45) is 1.01. The van der Waals surface area contributed by atoms with Crippen LogP contribution >= 0.6 is 11.8 Å². The minimum atomic E-state index is -0.115. The van der Waals surface area contributed by atoms with Crippen molar-refractivity contribution in [3.8, 4) is 0 Å². The fourth-order valence-electron chi connectivity index (χ4n) is 1.77. The maximum Gasteiger partial charge on any atom is 0.0611 e. The van der Waals surface area contributed by atoms with Gasteiger partial charge in [-0.05, 0) is 25.1 Å². The average Bonchev–Trinajstić information content (AvgIpc) is 2.02. The molecule has 0 fully saturated rings. The lowest BCUT2D eigenvalue weighted by Gasteiger charge is -2.31. The number of likely N-dealkylation sites (N-methyl/N-ethyl adjacent to an activating group) is 1. The van der Waals surface area contributed by atoms with Crippen LogP contribution in [-0.2, 0) is 0 Å². The van der Waals surface area contributed by atoms with Gasteiger partial charge in [-0.1, -0.05) is 27.7 Å². The highest BCUT2D eigenvalue weighted by Gasteiger charge is 2.24. The molecule has 0 amide bonds. The fourth-order valence-corrected chi connectivity index (χ4v) is 3.16. The smallest absolute Gasteiger partial charge is 0.0611 e. The van der Waals surface area contributed by atoms with E-state index in [9.17, 15) is 5.11 Å². The van der Waals surface area contributed by atoms with E-state index in [1.54, 1.807) is 0 Å². The fraction of sp³-hybridized carbons (Fsp3) is 1.00. The Balaban J connectivity index is 4.02. The second-order valence-corrected chi connectivity index (χ2v) is 6.47. The monoisotopic (exact) mass is 219 g/mol. The molecule has 0 saturated carbocycles. The first kappa shape index (κ1) is 14.3. The second-order valence-electron chi connectivity index (χ2n) is 4.45. The highest BCUT2D eigenvalue weighted by atomic mass is 32.2. The summed E-state index contributed by atoms with van der Waals surface area (Å²) in [5.41, 5.74) is -0.115. The van der Waals surface area contributed by atoms with Gasteiger partial charge in [-0.15, -0.1) is 0 Å². The molecular formula is C11H25NOS. The molecule has 0 aromatic carbocycles. The first-order valence-electron chi connectivity index (χ1n) is 5.45. The van der Waals surface area contributed by atoms with Crippen molar-refractivity contribution >= 4 is 11.8 Å². The van der Waals surface area contributed by atoms with Gasteiger partial charge in [0.25, 0.3) is 0 Å². The lowest BCUT2D eigenvalue weighted by Crippen LogP contribution is -2.47. The maximum atomic E-state index is 9.33. The number of aliphatic hydroxyl groups is 1. The lowest BCUT2D eigenvalue weighted by molar-refractivity contribution is 0.168. The Morgan fingerprint density at radius 2 is 1.93 bits per heavy atom. The van der Waals surface area contributed by atoms with Gasteiger partial charge in [-0.2, -0.15) is 11.8 Å². The third-order valence-corrected chi connectivity index (χ3v) is 3.37. The summed E-state index contributed by atoms with van der Waals surface area (Å²) in [6, 6.07) is 0. The van der Waals surface area contributed by atoms with Gasteiger partial charge in [0.1, 0.15) is 0 Å². The molecule has 0 rings (SSSR count). The normalized spacial score (nSPS) is 18.2. The van der Waals surface area contributed by atoms with Crippen molar-refractivity contribution in [2.24, 2.45) is 0 Å². The van der Waals surface area contributed by atoms with Crippen LogP contribution in [0.2, 0.25) is 0 Å². The van der Waals surface area contributed by atoms with E-state index in [-0.39, 0.29) is 12.1 Å². The van der Waals surface area contributed by atoms with E-state index in [4.69, 9.17) is 0 Å². The highest BCUT2D eigenvalue weighted by Crippen LogP contribution is 2.24. The Labute approximate surface area is 92.9 Å². The number of aliphatic hydroxyl groups excluding tert-OH is 1. The van der Waals surface area contributed by atoms with Crippen LogP contribution in [-0.4, -0.2) is 34.3 Å². The standard InChI is InChI=1S/C11H25NOS/c1-6-12-11(5,8-13)7-10(4)14-9(2)3/h9-10,12-13H,6-8H2,1-5H3. The molecule has 0 radical (unpaired) electrons. The Hall–Kier alpha value is 0.270. The molecular weight excluding hydrogens is 194 g/mol. The molecule has 0 aliphatic rings. The van der Waals surface area contributed by atoms with Crippen LogP contribution in [0.15, 0.2) is 0 Å². The molecule has 86 valence electrons. The molecule has 0 aromatic heterocycles. The average molecular weight is 219 g/mol. The Bertz CT molecular complexity index is 152. The Morgan fingerprint density at radius 3 is 2.29 bits per heavy atom. The minimum absolute atomic E-state index is 0.115. The van der Waals surface area contributed by atoms with E-state index in [0.717, 1.165) is 13.0 Å². The summed E-state index contributed by atoms with van der Waals surface area (Å²) in [5, 5.41) is 13.9. The third-order valence-electron chi connectivity index (χ3n) is 2.19. The molecule has 14 heavy (non-hydrogen) atoms. The molecule has 2 atom stereocenters. The Kier molecular flexibility index (Phi) is 6.83. The number of hydrogen-bond donors (Lipinski definition) is 2.